The van der Waals surface area contributed by atoms with Crippen molar-refractivity contribution in [1.82, 2.24) is 19.5 Å². The number of nitrogens with two attached hydrogens (primary N) is 2. The molecule has 3 aliphatic rings. The third-order valence-corrected chi connectivity index (χ3v) is 10.8. The van der Waals surface area contributed by atoms with E-state index in [0.29, 0.717) is 0 Å². The maximum atomic E-state index is 12.6. The molecule has 258 valence electrons. The molecule has 0 aromatic carbocycles. The largest absolute Gasteiger partial charge is 0.756 e. The summed E-state index contributed by atoms with van der Waals surface area (Å²) in [6.07, 6.45) is -6.38. The van der Waals surface area contributed by atoms with Crippen molar-refractivity contribution < 1.29 is 79.8 Å². The Bertz CT molecular complexity index is 1840. The minimum absolute atomic E-state index is 0. The summed E-state index contributed by atoms with van der Waals surface area (Å²) in [6.45, 7) is -1.90. The second-order valence-electron chi connectivity index (χ2n) is 10.3. The molecule has 1 amide bonds. The molecular weight excluding hydrogens is 745 g/mol. The van der Waals surface area contributed by atoms with Crippen molar-refractivity contribution in [3.8, 4) is 0 Å². The van der Waals surface area contributed by atoms with Gasteiger partial charge in [-0.3, -0.25) is 27.5 Å². The van der Waals surface area contributed by atoms with Crippen LogP contribution >= 0.6 is 23.5 Å². The van der Waals surface area contributed by atoms with Gasteiger partial charge in [-0.25, -0.2) is 28.4 Å². The van der Waals surface area contributed by atoms with Crippen LogP contribution in [0.2, 0.25) is 0 Å². The third kappa shape index (κ3) is 8.87. The Balaban J connectivity index is 0.00000270. The predicted octanol–water partition coefficient (Wildman–Crippen LogP) is -3.25. The number of aromatic nitrogens is 5. The molecule has 23 nitrogen and oxygen atoms in total. The van der Waals surface area contributed by atoms with Gasteiger partial charge in [0.2, 0.25) is 0 Å². The third-order valence-electron chi connectivity index (χ3n) is 7.20. The Labute approximate surface area is 319 Å². The molecule has 6 heterocycles. The van der Waals surface area contributed by atoms with E-state index in [0.717, 1.165) is 6.33 Å². The summed E-state index contributed by atoms with van der Waals surface area (Å²) in [5.41, 5.74) is 11.4. The molecule has 28 heteroatoms. The van der Waals surface area contributed by atoms with Gasteiger partial charge < -0.3 is 50.4 Å². The molecule has 3 aromatic rings. The van der Waals surface area contributed by atoms with Crippen molar-refractivity contribution in [1.29, 1.82) is 0 Å². The first-order valence-electron chi connectivity index (χ1n) is 13.3. The number of fused-ring (bicyclic) bond motifs is 2. The number of carbonyl (C=O) groups is 1. The van der Waals surface area contributed by atoms with E-state index in [1.807, 2.05) is 0 Å². The number of rotatable bonds is 11. The van der Waals surface area contributed by atoms with Crippen LogP contribution in [0.4, 0.5) is 5.82 Å². The first-order chi connectivity index (χ1) is 22.0. The number of phosphoric acid groups is 3. The molecule has 3 aromatic heterocycles. The number of aliphatic hydroxyl groups is 2. The number of aliphatic hydroxyl groups excluding tert-OH is 2. The van der Waals surface area contributed by atoms with E-state index in [4.69, 9.17) is 34.5 Å². The van der Waals surface area contributed by atoms with Crippen molar-refractivity contribution in [2.45, 2.75) is 49.1 Å². The van der Waals surface area contributed by atoms with Crippen LogP contribution in [0.1, 0.15) is 22.8 Å². The molecule has 0 spiro atoms. The van der Waals surface area contributed by atoms with Gasteiger partial charge in [0.05, 0.1) is 19.5 Å². The Kier molecular flexibility index (Phi) is 13.1. The van der Waals surface area contributed by atoms with Gasteiger partial charge in [0.25, 0.3) is 20.0 Å². The first kappa shape index (κ1) is 40.9. The molecule has 6 rings (SSSR count). The van der Waals surface area contributed by atoms with Crippen LogP contribution in [0.5, 0.6) is 0 Å². The summed E-state index contributed by atoms with van der Waals surface area (Å²) in [5.74, 6) is -0.752. The van der Waals surface area contributed by atoms with Crippen LogP contribution in [-0.2, 0) is 45.6 Å². The van der Waals surface area contributed by atoms with Crippen LogP contribution in [0.3, 0.4) is 0 Å². The van der Waals surface area contributed by atoms with Crippen molar-refractivity contribution in [3.63, 3.8) is 0 Å². The topological polar surface area (TPSA) is 336 Å². The summed E-state index contributed by atoms with van der Waals surface area (Å²) >= 11 is 0. The number of imidazole rings is 1. The van der Waals surface area contributed by atoms with Gasteiger partial charge in [-0.05, 0) is 6.07 Å². The van der Waals surface area contributed by atoms with Crippen LogP contribution in [0.15, 0.2) is 37.2 Å². The molecule has 0 saturated carbocycles. The fraction of sp³-hybridized carbons (Fsp3) is 0.476. The minimum Gasteiger partial charge on any atom is -0.756 e. The number of primary amides is 1. The average Bonchev–Trinajstić information content (AvgIpc) is 3.72. The summed E-state index contributed by atoms with van der Waals surface area (Å²) in [6, 6.07) is 2.81. The molecule has 11 atom stereocenters. The molecular formula is C21H26N7Na2O16P3. The smallest absolute Gasteiger partial charge is 0.478 e. The van der Waals surface area contributed by atoms with Gasteiger partial charge in [-0.1, -0.05) is 0 Å². The number of hydrogen-bond acceptors (Lipinski definition) is 18. The number of carbonyl (C=O) groups excluding carboxylic acids is 1. The molecule has 0 bridgehead atoms. The molecule has 8 N–H and O–H groups in total. The van der Waals surface area contributed by atoms with Crippen molar-refractivity contribution in [2.24, 2.45) is 5.73 Å². The van der Waals surface area contributed by atoms with E-state index >= 15 is 0 Å². The fourth-order valence-electron chi connectivity index (χ4n) is 5.11. The number of ether oxygens (including phenoxy) is 2. The first-order valence-corrected chi connectivity index (χ1v) is 17.7. The SMILES string of the molecule is NC(=O)c1ccc[n+]([C@@H]2O[C@H](COP(=O)([O-])OP(=O)(O)OC[C@H]3O[C@@H](n4cnc5c(N)ncnc54)[C@@H]4OP(=O)(O)O[C@@H]43)[C@@H](O)[C@H]2O)c1.[Na].[Na]. The summed E-state index contributed by atoms with van der Waals surface area (Å²) in [4.78, 5) is 55.9. The number of hydrogen-bond donors (Lipinski definition) is 6. The van der Waals surface area contributed by atoms with Gasteiger partial charge in [0.15, 0.2) is 36.2 Å². The monoisotopic (exact) mass is 771 g/mol. The van der Waals surface area contributed by atoms with E-state index in [-0.39, 0.29) is 81.7 Å². The Morgan fingerprint density at radius 1 is 1.08 bits per heavy atom. The van der Waals surface area contributed by atoms with Crippen molar-refractivity contribution in [3.05, 3.63) is 42.7 Å². The number of pyridine rings is 1. The summed E-state index contributed by atoms with van der Waals surface area (Å²) < 4.78 is 74.8. The normalized spacial score (nSPS) is 33.2. The van der Waals surface area contributed by atoms with Crippen LogP contribution in [-0.4, -0.2) is 154 Å². The van der Waals surface area contributed by atoms with Crippen molar-refractivity contribution in [2.75, 3.05) is 18.9 Å². The van der Waals surface area contributed by atoms with Crippen molar-refractivity contribution >= 4 is 105 Å². The van der Waals surface area contributed by atoms with Crippen LogP contribution < -0.4 is 20.9 Å². The molecule has 0 aliphatic carbocycles. The second kappa shape index (κ2) is 15.7. The van der Waals surface area contributed by atoms with Gasteiger partial charge in [-0.15, -0.1) is 0 Å². The number of phosphoric ester groups is 3. The molecule has 3 saturated heterocycles. The summed E-state index contributed by atoms with van der Waals surface area (Å²) in [5, 5.41) is 20.8. The Morgan fingerprint density at radius 2 is 1.78 bits per heavy atom. The average molecular weight is 771 g/mol. The minimum atomic E-state index is -5.66. The number of nitrogens with zero attached hydrogens (tertiary/aromatic N) is 5. The Hall–Kier alpha value is -0.820. The van der Waals surface area contributed by atoms with Crippen LogP contribution in [0, 0.1) is 0 Å². The van der Waals surface area contributed by atoms with Gasteiger partial charge in [0, 0.05) is 65.2 Å². The van der Waals surface area contributed by atoms with E-state index in [2.05, 4.69) is 23.8 Å². The fourth-order valence-corrected chi connectivity index (χ4v) is 8.31. The molecule has 3 aliphatic heterocycles. The van der Waals surface area contributed by atoms with Gasteiger partial charge in [0.1, 0.15) is 47.9 Å². The van der Waals surface area contributed by atoms with Gasteiger partial charge in [-0.2, -0.15) is 4.57 Å². The molecule has 3 fully saturated rings. The van der Waals surface area contributed by atoms with E-state index in [1.54, 1.807) is 0 Å². The zero-order chi connectivity index (χ0) is 33.9. The molecule has 3 unspecified atom stereocenters. The summed E-state index contributed by atoms with van der Waals surface area (Å²) in [7, 11) is -15.8. The number of anilines is 1. The predicted molar refractivity (Wildman–Crippen MR) is 156 cm³/mol. The van der Waals surface area contributed by atoms with Crippen LogP contribution in [0.25, 0.3) is 11.2 Å². The maximum Gasteiger partial charge on any atom is 0.478 e. The molecule has 2 radical (unpaired) electrons. The van der Waals surface area contributed by atoms with E-state index < -0.39 is 91.7 Å². The quantitative estimate of drug-likeness (QED) is 0.0633. The Morgan fingerprint density at radius 3 is 2.49 bits per heavy atom. The zero-order valence-electron chi connectivity index (χ0n) is 25.4. The zero-order valence-corrected chi connectivity index (χ0v) is 32.1. The standard InChI is InChI=1S/C21H26N7O16P3.2Na/c22-17-12-19(25-7-24-17)28(8-26-12)21-16-15(42-47(36,37)43-16)11(41-21)6-39-46(34,35)44-45(32,33)38-5-10-13(29)14(30)20(40-10)27-3-1-2-9(4-27)18(23)31;;/h1-4,7-8,10-11,13-16,20-21,29-30H,5-6H2,(H6-,22,23,24,25,31,32,33,34,35,36,37);;/t10-,11-,13-,14-,15-,16-,20-,21-;;/m1../s1. The van der Waals surface area contributed by atoms with Gasteiger partial charge >= 0.3 is 15.6 Å². The molecule has 49 heavy (non-hydrogen) atoms. The second-order valence-corrected chi connectivity index (χ2v) is 14.7. The number of amides is 1. The number of nitrogen functional groups attached to an aromatic ring is 1. The maximum absolute atomic E-state index is 12.6. The van der Waals surface area contributed by atoms with E-state index in [1.165, 1.54) is 40.0 Å². The van der Waals surface area contributed by atoms with E-state index in [9.17, 15) is 43.4 Å².